The second kappa shape index (κ2) is 10.2. The fourth-order valence-electron chi connectivity index (χ4n) is 4.06. The van der Waals surface area contributed by atoms with Gasteiger partial charge in [0.1, 0.15) is 17.6 Å². The number of hydrogen-bond donors (Lipinski definition) is 1. The van der Waals surface area contributed by atoms with Crippen LogP contribution in [0.5, 0.6) is 5.75 Å². The third kappa shape index (κ3) is 5.29. The van der Waals surface area contributed by atoms with Crippen molar-refractivity contribution in [2.75, 3.05) is 19.7 Å². The minimum absolute atomic E-state index is 0.0987. The first-order valence-corrected chi connectivity index (χ1v) is 12.5. The monoisotopic (exact) mass is 468 g/mol. The summed E-state index contributed by atoms with van der Waals surface area (Å²) in [6, 6.07) is 19.3. The van der Waals surface area contributed by atoms with Crippen molar-refractivity contribution in [2.24, 2.45) is 5.92 Å². The molecule has 0 saturated carbocycles. The average molecular weight is 469 g/mol. The molecule has 3 aromatic rings. The third-order valence-electron chi connectivity index (χ3n) is 5.84. The Kier molecular flexibility index (Phi) is 7.15. The Morgan fingerprint density at radius 3 is 2.36 bits per heavy atom. The molecule has 1 saturated heterocycles. The van der Waals surface area contributed by atoms with E-state index in [4.69, 9.17) is 9.15 Å². The Balaban J connectivity index is 1.40. The van der Waals surface area contributed by atoms with Crippen LogP contribution in [-0.2, 0) is 14.8 Å². The van der Waals surface area contributed by atoms with Gasteiger partial charge in [-0.25, -0.2) is 8.42 Å². The van der Waals surface area contributed by atoms with Crippen LogP contribution in [0.4, 0.5) is 0 Å². The zero-order valence-electron chi connectivity index (χ0n) is 18.5. The molecule has 8 heteroatoms. The van der Waals surface area contributed by atoms with Crippen molar-refractivity contribution < 1.29 is 22.4 Å². The Bertz CT molecular complexity index is 1140. The number of nitrogens with one attached hydrogen (secondary N) is 1. The molecule has 0 radical (unpaired) electrons. The van der Waals surface area contributed by atoms with Gasteiger partial charge in [0.2, 0.25) is 15.9 Å². The number of benzene rings is 2. The molecule has 2 aromatic carbocycles. The standard InChI is InChI=1S/C25H28N2O5S/c1-2-31-21-10-12-22(13-11-21)33(29,30)27-16-14-20(15-17-27)25(28)26-24(23-9-6-18-32-23)19-7-4-3-5-8-19/h3-13,18,20,24H,2,14-17H2,1H3,(H,26,28). The summed E-state index contributed by atoms with van der Waals surface area (Å²) in [5.74, 6) is 0.928. The molecule has 1 amide bonds. The normalized spacial score (nSPS) is 16.3. The first-order chi connectivity index (χ1) is 16.0. The fraction of sp³-hybridized carbons (Fsp3) is 0.320. The van der Waals surface area contributed by atoms with Crippen LogP contribution in [0.1, 0.15) is 37.1 Å². The van der Waals surface area contributed by atoms with E-state index in [2.05, 4.69) is 5.32 Å². The van der Waals surface area contributed by atoms with Crippen molar-refractivity contribution in [2.45, 2.75) is 30.7 Å². The van der Waals surface area contributed by atoms with Crippen molar-refractivity contribution >= 4 is 15.9 Å². The van der Waals surface area contributed by atoms with E-state index in [0.717, 1.165) is 5.56 Å². The molecule has 4 rings (SSSR count). The first kappa shape index (κ1) is 23.1. The first-order valence-electron chi connectivity index (χ1n) is 11.1. The predicted octanol–water partition coefficient (Wildman–Crippen LogP) is 3.98. The van der Waals surface area contributed by atoms with Gasteiger partial charge in [-0.3, -0.25) is 4.79 Å². The SMILES string of the molecule is CCOc1ccc(S(=O)(=O)N2CCC(C(=O)NC(c3ccccc3)c3ccco3)CC2)cc1. The van der Waals surface area contributed by atoms with E-state index in [-0.39, 0.29) is 22.8 Å². The number of rotatable bonds is 8. The van der Waals surface area contributed by atoms with Gasteiger partial charge in [0.25, 0.3) is 0 Å². The lowest BCUT2D eigenvalue weighted by Crippen LogP contribution is -2.43. The molecule has 1 aliphatic heterocycles. The van der Waals surface area contributed by atoms with E-state index < -0.39 is 10.0 Å². The van der Waals surface area contributed by atoms with Gasteiger partial charge in [-0.15, -0.1) is 0 Å². The van der Waals surface area contributed by atoms with Crippen molar-refractivity contribution in [1.29, 1.82) is 0 Å². The number of amides is 1. The number of piperidine rings is 1. The van der Waals surface area contributed by atoms with Crippen LogP contribution in [0.3, 0.4) is 0 Å². The number of furan rings is 1. The molecule has 0 spiro atoms. The summed E-state index contributed by atoms with van der Waals surface area (Å²) in [5, 5.41) is 3.09. The molecule has 33 heavy (non-hydrogen) atoms. The molecule has 2 heterocycles. The van der Waals surface area contributed by atoms with Crippen LogP contribution in [-0.4, -0.2) is 38.3 Å². The molecule has 0 bridgehead atoms. The van der Waals surface area contributed by atoms with Crippen LogP contribution >= 0.6 is 0 Å². The van der Waals surface area contributed by atoms with Gasteiger partial charge in [-0.2, -0.15) is 4.31 Å². The Morgan fingerprint density at radius 1 is 1.06 bits per heavy atom. The predicted molar refractivity (Wildman–Crippen MR) is 124 cm³/mol. The molecule has 1 N–H and O–H groups in total. The number of sulfonamides is 1. The summed E-state index contributed by atoms with van der Waals surface area (Å²) in [4.78, 5) is 13.3. The summed E-state index contributed by atoms with van der Waals surface area (Å²) in [6.45, 7) is 2.99. The highest BCUT2D eigenvalue weighted by Crippen LogP contribution is 2.27. The van der Waals surface area contributed by atoms with E-state index >= 15 is 0 Å². The Hall–Kier alpha value is -3.10. The smallest absolute Gasteiger partial charge is 0.243 e. The van der Waals surface area contributed by atoms with Crippen LogP contribution in [0, 0.1) is 5.92 Å². The number of carbonyl (C=O) groups is 1. The summed E-state index contributed by atoms with van der Waals surface area (Å²) in [6.07, 6.45) is 2.51. The quantitative estimate of drug-likeness (QED) is 0.540. The third-order valence-corrected chi connectivity index (χ3v) is 7.76. The Labute approximate surface area is 194 Å². The molecule has 1 fully saturated rings. The van der Waals surface area contributed by atoms with E-state index in [1.54, 1.807) is 36.6 Å². The van der Waals surface area contributed by atoms with Gasteiger partial charge in [0.05, 0.1) is 17.8 Å². The molecular formula is C25H28N2O5S. The molecule has 1 aromatic heterocycles. The van der Waals surface area contributed by atoms with Gasteiger partial charge >= 0.3 is 0 Å². The lowest BCUT2D eigenvalue weighted by atomic mass is 9.95. The van der Waals surface area contributed by atoms with Gasteiger partial charge in [-0.05, 0) is 61.7 Å². The van der Waals surface area contributed by atoms with E-state index in [9.17, 15) is 13.2 Å². The molecule has 1 atom stereocenters. The highest BCUT2D eigenvalue weighted by molar-refractivity contribution is 7.89. The minimum Gasteiger partial charge on any atom is -0.494 e. The maximum Gasteiger partial charge on any atom is 0.243 e. The maximum atomic E-state index is 13.1. The second-order valence-electron chi connectivity index (χ2n) is 7.95. The van der Waals surface area contributed by atoms with Gasteiger partial charge in [-0.1, -0.05) is 30.3 Å². The molecule has 1 unspecified atom stereocenters. The summed E-state index contributed by atoms with van der Waals surface area (Å²) < 4.78 is 38.5. The maximum absolute atomic E-state index is 13.1. The lowest BCUT2D eigenvalue weighted by Gasteiger charge is -2.31. The van der Waals surface area contributed by atoms with Crippen LogP contribution < -0.4 is 10.1 Å². The fourth-order valence-corrected chi connectivity index (χ4v) is 5.53. The number of ether oxygens (including phenoxy) is 1. The summed E-state index contributed by atoms with van der Waals surface area (Å²) in [5.41, 5.74) is 0.927. The Morgan fingerprint density at radius 2 is 1.76 bits per heavy atom. The van der Waals surface area contributed by atoms with Crippen LogP contribution in [0.2, 0.25) is 0 Å². The summed E-state index contributed by atoms with van der Waals surface area (Å²) in [7, 11) is -3.61. The molecule has 7 nitrogen and oxygen atoms in total. The largest absolute Gasteiger partial charge is 0.494 e. The van der Waals surface area contributed by atoms with Crippen molar-refractivity contribution in [3.8, 4) is 5.75 Å². The van der Waals surface area contributed by atoms with E-state index in [1.165, 1.54) is 4.31 Å². The number of carbonyl (C=O) groups excluding carboxylic acids is 1. The zero-order chi connectivity index (χ0) is 23.3. The van der Waals surface area contributed by atoms with E-state index in [1.807, 2.05) is 43.3 Å². The summed E-state index contributed by atoms with van der Waals surface area (Å²) >= 11 is 0. The molecule has 174 valence electrons. The number of nitrogens with zero attached hydrogens (tertiary/aromatic N) is 1. The molecule has 0 aliphatic carbocycles. The van der Waals surface area contributed by atoms with Gasteiger partial charge < -0.3 is 14.5 Å². The molecule has 1 aliphatic rings. The van der Waals surface area contributed by atoms with Gasteiger partial charge in [0.15, 0.2) is 0 Å². The highest BCUT2D eigenvalue weighted by atomic mass is 32.2. The van der Waals surface area contributed by atoms with Crippen LogP contribution in [0.25, 0.3) is 0 Å². The number of hydrogen-bond acceptors (Lipinski definition) is 5. The van der Waals surface area contributed by atoms with Crippen molar-refractivity contribution in [3.63, 3.8) is 0 Å². The topological polar surface area (TPSA) is 88.9 Å². The van der Waals surface area contributed by atoms with E-state index in [0.29, 0.717) is 44.0 Å². The van der Waals surface area contributed by atoms with Crippen molar-refractivity contribution in [3.05, 3.63) is 84.3 Å². The van der Waals surface area contributed by atoms with Gasteiger partial charge in [0, 0.05) is 19.0 Å². The molecular weight excluding hydrogens is 440 g/mol. The van der Waals surface area contributed by atoms with Crippen LogP contribution in [0.15, 0.2) is 82.3 Å². The van der Waals surface area contributed by atoms with Crippen molar-refractivity contribution in [1.82, 2.24) is 9.62 Å². The second-order valence-corrected chi connectivity index (χ2v) is 9.89. The minimum atomic E-state index is -3.61. The lowest BCUT2D eigenvalue weighted by molar-refractivity contribution is -0.126. The zero-order valence-corrected chi connectivity index (χ0v) is 19.3. The highest BCUT2D eigenvalue weighted by Gasteiger charge is 2.33. The average Bonchev–Trinajstić information content (AvgIpc) is 3.38.